The smallest absolute Gasteiger partial charge is 0.305 e. The van der Waals surface area contributed by atoms with Crippen molar-refractivity contribution in [3.8, 4) is 0 Å². The molecule has 6 heteroatoms. The van der Waals surface area contributed by atoms with Gasteiger partial charge in [0, 0.05) is 25.2 Å². The van der Waals surface area contributed by atoms with Crippen LogP contribution in [0.5, 0.6) is 0 Å². The average molecular weight is 224 g/mol. The predicted molar refractivity (Wildman–Crippen MR) is 53.7 cm³/mol. The Hall–Kier alpha value is -1.98. The van der Waals surface area contributed by atoms with Crippen molar-refractivity contribution in [2.45, 2.75) is 6.42 Å². The SMILES string of the molecule is CN1CCc2cc(F)c([N+](=O)[O-])cc2C1=O. The molecule has 0 saturated heterocycles. The highest BCUT2D eigenvalue weighted by Gasteiger charge is 2.26. The van der Waals surface area contributed by atoms with Crippen LogP contribution < -0.4 is 0 Å². The van der Waals surface area contributed by atoms with Gasteiger partial charge in [0.25, 0.3) is 5.91 Å². The van der Waals surface area contributed by atoms with Crippen LogP contribution in [0.3, 0.4) is 0 Å². The summed E-state index contributed by atoms with van der Waals surface area (Å²) in [6.07, 6.45) is 0.520. The zero-order valence-corrected chi connectivity index (χ0v) is 8.57. The van der Waals surface area contributed by atoms with Crippen molar-refractivity contribution in [3.63, 3.8) is 0 Å². The maximum absolute atomic E-state index is 13.3. The molecule has 1 aromatic carbocycles. The lowest BCUT2D eigenvalue weighted by Gasteiger charge is -2.24. The van der Waals surface area contributed by atoms with Crippen molar-refractivity contribution < 1.29 is 14.1 Å². The van der Waals surface area contributed by atoms with Crippen molar-refractivity contribution in [2.75, 3.05) is 13.6 Å². The number of nitro benzene ring substituents is 1. The monoisotopic (exact) mass is 224 g/mol. The topological polar surface area (TPSA) is 63.4 Å². The minimum atomic E-state index is -0.888. The van der Waals surface area contributed by atoms with Crippen molar-refractivity contribution in [1.82, 2.24) is 4.90 Å². The number of nitro groups is 1. The third-order valence-corrected chi connectivity index (χ3v) is 2.66. The Bertz CT molecular complexity index is 487. The van der Waals surface area contributed by atoms with Gasteiger partial charge in [0.2, 0.25) is 5.82 Å². The van der Waals surface area contributed by atoms with Crippen molar-refractivity contribution in [1.29, 1.82) is 0 Å². The second kappa shape index (κ2) is 3.55. The highest BCUT2D eigenvalue weighted by molar-refractivity contribution is 5.97. The Morgan fingerprint density at radius 1 is 1.50 bits per heavy atom. The molecule has 0 aromatic heterocycles. The van der Waals surface area contributed by atoms with Crippen LogP contribution in [0.25, 0.3) is 0 Å². The Balaban J connectivity index is 2.59. The fourth-order valence-electron chi connectivity index (χ4n) is 1.74. The summed E-state index contributed by atoms with van der Waals surface area (Å²) in [4.78, 5) is 22.9. The molecule has 0 aliphatic carbocycles. The number of hydrogen-bond acceptors (Lipinski definition) is 3. The number of benzene rings is 1. The van der Waals surface area contributed by atoms with Gasteiger partial charge >= 0.3 is 5.69 Å². The number of amides is 1. The van der Waals surface area contributed by atoms with E-state index in [2.05, 4.69) is 0 Å². The van der Waals surface area contributed by atoms with E-state index >= 15 is 0 Å². The standard InChI is InChI=1S/C10H9FN2O3/c1-12-3-2-6-4-8(11)9(13(15)16)5-7(6)10(12)14/h4-5H,2-3H2,1H3. The highest BCUT2D eigenvalue weighted by atomic mass is 19.1. The Labute approximate surface area is 90.6 Å². The number of likely N-dealkylation sites (N-methyl/N-ethyl adjacent to an activating group) is 1. The molecule has 84 valence electrons. The van der Waals surface area contributed by atoms with Crippen LogP contribution in [0.1, 0.15) is 15.9 Å². The van der Waals surface area contributed by atoms with Gasteiger partial charge < -0.3 is 4.90 Å². The molecule has 0 unspecified atom stereocenters. The Morgan fingerprint density at radius 2 is 2.19 bits per heavy atom. The van der Waals surface area contributed by atoms with Crippen LogP contribution in [0.4, 0.5) is 10.1 Å². The molecule has 1 heterocycles. The number of halogens is 1. The number of carbonyl (C=O) groups is 1. The third-order valence-electron chi connectivity index (χ3n) is 2.66. The molecule has 0 fully saturated rings. The van der Waals surface area contributed by atoms with E-state index in [1.807, 2.05) is 0 Å². The van der Waals surface area contributed by atoms with Crippen LogP contribution in [-0.4, -0.2) is 29.3 Å². The van der Waals surface area contributed by atoms with E-state index < -0.39 is 16.4 Å². The minimum Gasteiger partial charge on any atom is -0.341 e. The third kappa shape index (κ3) is 1.52. The maximum Gasteiger partial charge on any atom is 0.305 e. The summed E-state index contributed by atoms with van der Waals surface area (Å²) < 4.78 is 13.3. The Morgan fingerprint density at radius 3 is 2.81 bits per heavy atom. The quantitative estimate of drug-likeness (QED) is 0.534. The van der Waals surface area contributed by atoms with E-state index in [-0.39, 0.29) is 11.5 Å². The summed E-state index contributed by atoms with van der Waals surface area (Å²) >= 11 is 0. The summed E-state index contributed by atoms with van der Waals surface area (Å²) in [5.74, 6) is -1.19. The predicted octanol–water partition coefficient (Wildman–Crippen LogP) is 1.36. The van der Waals surface area contributed by atoms with E-state index in [0.29, 0.717) is 18.5 Å². The summed E-state index contributed by atoms with van der Waals surface area (Å²) in [6.45, 7) is 0.503. The van der Waals surface area contributed by atoms with Gasteiger partial charge in [-0.15, -0.1) is 0 Å². The van der Waals surface area contributed by atoms with E-state index in [0.717, 1.165) is 12.1 Å². The molecule has 1 aliphatic heterocycles. The second-order valence-electron chi connectivity index (χ2n) is 3.69. The van der Waals surface area contributed by atoms with Crippen molar-refractivity contribution in [2.24, 2.45) is 0 Å². The van der Waals surface area contributed by atoms with Gasteiger partial charge in [-0.2, -0.15) is 4.39 Å². The summed E-state index contributed by atoms with van der Waals surface area (Å²) in [5, 5.41) is 10.5. The average Bonchev–Trinajstić information content (AvgIpc) is 2.23. The number of fused-ring (bicyclic) bond motifs is 1. The molecule has 0 radical (unpaired) electrons. The molecule has 1 amide bonds. The normalized spacial score (nSPS) is 14.9. The van der Waals surface area contributed by atoms with Crippen LogP contribution in [0, 0.1) is 15.9 Å². The van der Waals surface area contributed by atoms with Gasteiger partial charge in [0.15, 0.2) is 0 Å². The van der Waals surface area contributed by atoms with Crippen LogP contribution in [0.2, 0.25) is 0 Å². The number of rotatable bonds is 1. The molecule has 2 rings (SSSR count). The van der Waals surface area contributed by atoms with E-state index in [1.165, 1.54) is 4.90 Å². The molecule has 16 heavy (non-hydrogen) atoms. The van der Waals surface area contributed by atoms with E-state index in [1.54, 1.807) is 7.05 Å². The first-order chi connectivity index (χ1) is 7.50. The molecule has 0 spiro atoms. The molecule has 0 N–H and O–H groups in total. The molecule has 0 atom stereocenters. The van der Waals surface area contributed by atoms with Crippen molar-refractivity contribution in [3.05, 3.63) is 39.2 Å². The van der Waals surface area contributed by atoms with Gasteiger partial charge in [-0.25, -0.2) is 0 Å². The van der Waals surface area contributed by atoms with Crippen LogP contribution >= 0.6 is 0 Å². The number of carbonyl (C=O) groups excluding carboxylic acids is 1. The van der Waals surface area contributed by atoms with Gasteiger partial charge in [-0.05, 0) is 18.1 Å². The van der Waals surface area contributed by atoms with Crippen molar-refractivity contribution >= 4 is 11.6 Å². The molecule has 5 nitrogen and oxygen atoms in total. The fourth-order valence-corrected chi connectivity index (χ4v) is 1.74. The first-order valence-electron chi connectivity index (χ1n) is 4.73. The second-order valence-corrected chi connectivity index (χ2v) is 3.69. The highest BCUT2D eigenvalue weighted by Crippen LogP contribution is 2.26. The van der Waals surface area contributed by atoms with Crippen LogP contribution in [0.15, 0.2) is 12.1 Å². The number of nitrogens with zero attached hydrogens (tertiary/aromatic N) is 2. The first-order valence-corrected chi connectivity index (χ1v) is 4.73. The summed E-state index contributed by atoms with van der Waals surface area (Å²) in [5.41, 5.74) is 0.107. The first kappa shape index (κ1) is 10.5. The molecular formula is C10H9FN2O3. The summed E-state index contributed by atoms with van der Waals surface area (Å²) in [6, 6.07) is 2.10. The minimum absolute atomic E-state index is 0.224. The van der Waals surface area contributed by atoms with Crippen LogP contribution in [-0.2, 0) is 6.42 Å². The summed E-state index contributed by atoms with van der Waals surface area (Å²) in [7, 11) is 1.61. The number of hydrogen-bond donors (Lipinski definition) is 0. The maximum atomic E-state index is 13.3. The molecule has 0 saturated carbocycles. The van der Waals surface area contributed by atoms with E-state index in [4.69, 9.17) is 0 Å². The lowest BCUT2D eigenvalue weighted by Crippen LogP contribution is -2.34. The molecule has 0 bridgehead atoms. The molecule has 1 aliphatic rings. The largest absolute Gasteiger partial charge is 0.341 e. The zero-order chi connectivity index (χ0) is 11.9. The zero-order valence-electron chi connectivity index (χ0n) is 8.57. The fraction of sp³-hybridized carbons (Fsp3) is 0.300. The molecular weight excluding hydrogens is 215 g/mol. The Kier molecular flexibility index (Phi) is 2.34. The van der Waals surface area contributed by atoms with Gasteiger partial charge in [0.1, 0.15) is 0 Å². The van der Waals surface area contributed by atoms with Gasteiger partial charge in [-0.3, -0.25) is 14.9 Å². The van der Waals surface area contributed by atoms with Gasteiger partial charge in [-0.1, -0.05) is 0 Å². The lowest BCUT2D eigenvalue weighted by atomic mass is 9.98. The van der Waals surface area contributed by atoms with Gasteiger partial charge in [0.05, 0.1) is 4.92 Å². The lowest BCUT2D eigenvalue weighted by molar-refractivity contribution is -0.387. The molecule has 1 aromatic rings. The van der Waals surface area contributed by atoms with E-state index in [9.17, 15) is 19.3 Å².